The van der Waals surface area contributed by atoms with Crippen LogP contribution < -0.4 is 9.47 Å². The van der Waals surface area contributed by atoms with Gasteiger partial charge in [0.2, 0.25) is 0 Å². The minimum atomic E-state index is -1.05. The molecule has 0 saturated carbocycles. The molecule has 4 aromatic carbocycles. The fraction of sp³-hybridized carbons (Fsp3) is 0.167. The van der Waals surface area contributed by atoms with Gasteiger partial charge in [-0.05, 0) is 45.8 Å². The van der Waals surface area contributed by atoms with Crippen molar-refractivity contribution in [3.63, 3.8) is 0 Å². The van der Waals surface area contributed by atoms with Crippen molar-refractivity contribution in [2.45, 2.75) is 12.2 Å². The van der Waals surface area contributed by atoms with E-state index in [9.17, 15) is 10.2 Å². The fourth-order valence-electron chi connectivity index (χ4n) is 3.10. The van der Waals surface area contributed by atoms with Crippen LogP contribution in [0.1, 0.15) is 0 Å². The van der Waals surface area contributed by atoms with Gasteiger partial charge in [0.25, 0.3) is 0 Å². The molecule has 0 aliphatic rings. The van der Waals surface area contributed by atoms with E-state index in [0.717, 1.165) is 21.5 Å². The first kappa shape index (κ1) is 18.3. The summed E-state index contributed by atoms with van der Waals surface area (Å²) in [7, 11) is 0. The SMILES string of the molecule is O[C@H](COc1ccc2ccccc2c1)[C@@H](O)COc1ccc2ccccc2c1. The first-order valence-corrected chi connectivity index (χ1v) is 9.28. The molecule has 4 nitrogen and oxygen atoms in total. The predicted octanol–water partition coefficient (Wildman–Crippen LogP) is 4.17. The summed E-state index contributed by atoms with van der Waals surface area (Å²) in [5.41, 5.74) is 0. The van der Waals surface area contributed by atoms with Gasteiger partial charge in [0, 0.05) is 0 Å². The lowest BCUT2D eigenvalue weighted by atomic mass is 10.1. The monoisotopic (exact) mass is 374 g/mol. The normalized spacial score (nSPS) is 13.4. The molecule has 0 bridgehead atoms. The van der Waals surface area contributed by atoms with Crippen LogP contribution in [0.2, 0.25) is 0 Å². The van der Waals surface area contributed by atoms with Crippen LogP contribution in [0.15, 0.2) is 84.9 Å². The molecule has 0 amide bonds. The molecule has 4 heteroatoms. The van der Waals surface area contributed by atoms with Crippen molar-refractivity contribution in [2.24, 2.45) is 0 Å². The van der Waals surface area contributed by atoms with E-state index in [-0.39, 0.29) is 13.2 Å². The highest BCUT2D eigenvalue weighted by atomic mass is 16.5. The van der Waals surface area contributed by atoms with E-state index in [1.807, 2.05) is 84.9 Å². The molecular formula is C24H22O4. The Bertz CT molecular complexity index is 989. The molecule has 2 atom stereocenters. The molecule has 4 aromatic rings. The van der Waals surface area contributed by atoms with Crippen LogP contribution in [0.25, 0.3) is 21.5 Å². The number of fused-ring (bicyclic) bond motifs is 2. The van der Waals surface area contributed by atoms with Crippen LogP contribution >= 0.6 is 0 Å². The molecule has 142 valence electrons. The number of ether oxygens (including phenoxy) is 2. The van der Waals surface area contributed by atoms with E-state index >= 15 is 0 Å². The number of aliphatic hydroxyl groups excluding tert-OH is 2. The molecule has 0 aliphatic carbocycles. The van der Waals surface area contributed by atoms with Gasteiger partial charge in [-0.3, -0.25) is 0 Å². The quantitative estimate of drug-likeness (QED) is 0.510. The van der Waals surface area contributed by atoms with Crippen LogP contribution in [-0.4, -0.2) is 35.6 Å². The van der Waals surface area contributed by atoms with Gasteiger partial charge in [-0.15, -0.1) is 0 Å². The van der Waals surface area contributed by atoms with E-state index in [1.54, 1.807) is 0 Å². The molecule has 0 aromatic heterocycles. The lowest BCUT2D eigenvalue weighted by Gasteiger charge is -2.19. The fourth-order valence-corrected chi connectivity index (χ4v) is 3.10. The minimum Gasteiger partial charge on any atom is -0.491 e. The zero-order valence-corrected chi connectivity index (χ0v) is 15.4. The molecule has 0 heterocycles. The molecule has 0 fully saturated rings. The third kappa shape index (κ3) is 4.25. The highest BCUT2D eigenvalue weighted by molar-refractivity contribution is 5.84. The van der Waals surface area contributed by atoms with Crippen molar-refractivity contribution in [3.8, 4) is 11.5 Å². The zero-order chi connectivity index (χ0) is 19.3. The zero-order valence-electron chi connectivity index (χ0n) is 15.4. The van der Waals surface area contributed by atoms with E-state index in [0.29, 0.717) is 11.5 Å². The summed E-state index contributed by atoms with van der Waals surface area (Å²) < 4.78 is 11.3. The summed E-state index contributed by atoms with van der Waals surface area (Å²) >= 11 is 0. The van der Waals surface area contributed by atoms with Crippen molar-refractivity contribution in [1.82, 2.24) is 0 Å². The summed E-state index contributed by atoms with van der Waals surface area (Å²) in [6.07, 6.45) is -2.10. The van der Waals surface area contributed by atoms with Gasteiger partial charge < -0.3 is 19.7 Å². The van der Waals surface area contributed by atoms with Gasteiger partial charge >= 0.3 is 0 Å². The second kappa shape index (κ2) is 8.30. The van der Waals surface area contributed by atoms with Crippen molar-refractivity contribution in [1.29, 1.82) is 0 Å². The van der Waals surface area contributed by atoms with Crippen LogP contribution in [-0.2, 0) is 0 Å². The van der Waals surface area contributed by atoms with Crippen molar-refractivity contribution >= 4 is 21.5 Å². The maximum atomic E-state index is 10.2. The Labute approximate surface area is 163 Å². The second-order valence-corrected chi connectivity index (χ2v) is 6.77. The topological polar surface area (TPSA) is 58.9 Å². The molecule has 28 heavy (non-hydrogen) atoms. The van der Waals surface area contributed by atoms with Crippen molar-refractivity contribution < 1.29 is 19.7 Å². The van der Waals surface area contributed by atoms with E-state index in [4.69, 9.17) is 9.47 Å². The van der Waals surface area contributed by atoms with E-state index < -0.39 is 12.2 Å². The average Bonchev–Trinajstić information content (AvgIpc) is 2.75. The standard InChI is InChI=1S/C24H22O4/c25-23(15-27-21-11-9-17-5-1-3-7-19(17)13-21)24(26)16-28-22-12-10-18-6-2-4-8-20(18)14-22/h1-14,23-26H,15-16H2/t23-,24+. The first-order chi connectivity index (χ1) is 13.7. The molecular weight excluding hydrogens is 352 g/mol. The summed E-state index contributed by atoms with van der Waals surface area (Å²) in [5, 5.41) is 24.8. The molecule has 2 N–H and O–H groups in total. The minimum absolute atomic E-state index is 0.0133. The Hall–Kier alpha value is -3.08. The molecule has 0 spiro atoms. The van der Waals surface area contributed by atoms with Crippen LogP contribution in [0.5, 0.6) is 11.5 Å². The maximum absolute atomic E-state index is 10.2. The number of aliphatic hydroxyl groups is 2. The molecule has 0 unspecified atom stereocenters. The predicted molar refractivity (Wildman–Crippen MR) is 111 cm³/mol. The highest BCUT2D eigenvalue weighted by Crippen LogP contribution is 2.22. The van der Waals surface area contributed by atoms with Gasteiger partial charge in [0.15, 0.2) is 0 Å². The molecule has 0 radical (unpaired) electrons. The second-order valence-electron chi connectivity index (χ2n) is 6.77. The Morgan fingerprint density at radius 1 is 0.536 bits per heavy atom. The Kier molecular flexibility index (Phi) is 5.42. The highest BCUT2D eigenvalue weighted by Gasteiger charge is 2.18. The number of rotatable bonds is 7. The van der Waals surface area contributed by atoms with Gasteiger partial charge in [0.05, 0.1) is 0 Å². The summed E-state index contributed by atoms with van der Waals surface area (Å²) in [6, 6.07) is 27.5. The van der Waals surface area contributed by atoms with Gasteiger partial charge in [0.1, 0.15) is 36.9 Å². The number of hydrogen-bond donors (Lipinski definition) is 2. The van der Waals surface area contributed by atoms with Gasteiger partial charge in [-0.1, -0.05) is 60.7 Å². The van der Waals surface area contributed by atoms with Gasteiger partial charge in [-0.2, -0.15) is 0 Å². The maximum Gasteiger partial charge on any atom is 0.120 e. The molecule has 0 saturated heterocycles. The number of hydrogen-bond acceptors (Lipinski definition) is 4. The summed E-state index contributed by atoms with van der Waals surface area (Å²) in [6.45, 7) is -0.0266. The lowest BCUT2D eigenvalue weighted by molar-refractivity contribution is -0.0288. The first-order valence-electron chi connectivity index (χ1n) is 9.28. The van der Waals surface area contributed by atoms with Crippen LogP contribution in [0.4, 0.5) is 0 Å². The van der Waals surface area contributed by atoms with Crippen molar-refractivity contribution in [3.05, 3.63) is 84.9 Å². The molecule has 4 rings (SSSR count). The number of benzene rings is 4. The van der Waals surface area contributed by atoms with Gasteiger partial charge in [-0.25, -0.2) is 0 Å². The van der Waals surface area contributed by atoms with E-state index in [1.165, 1.54) is 0 Å². The van der Waals surface area contributed by atoms with Crippen LogP contribution in [0.3, 0.4) is 0 Å². The summed E-state index contributed by atoms with van der Waals surface area (Å²) in [4.78, 5) is 0. The Morgan fingerprint density at radius 3 is 1.36 bits per heavy atom. The Morgan fingerprint density at radius 2 is 0.929 bits per heavy atom. The third-order valence-corrected chi connectivity index (χ3v) is 4.73. The lowest BCUT2D eigenvalue weighted by Crippen LogP contribution is -2.36. The van der Waals surface area contributed by atoms with Crippen molar-refractivity contribution in [2.75, 3.05) is 13.2 Å². The third-order valence-electron chi connectivity index (χ3n) is 4.73. The Balaban J connectivity index is 1.31. The average molecular weight is 374 g/mol. The summed E-state index contributed by atoms with van der Waals surface area (Å²) in [5.74, 6) is 1.31. The van der Waals surface area contributed by atoms with E-state index in [2.05, 4.69) is 0 Å². The van der Waals surface area contributed by atoms with Crippen LogP contribution in [0, 0.1) is 0 Å². The molecule has 0 aliphatic heterocycles. The smallest absolute Gasteiger partial charge is 0.120 e. The largest absolute Gasteiger partial charge is 0.491 e.